The third kappa shape index (κ3) is 3.64. The second kappa shape index (κ2) is 7.81. The molecule has 6 rings (SSSR count). The smallest absolute Gasteiger partial charge is 0.323 e. The van der Waals surface area contributed by atoms with Crippen LogP contribution < -0.4 is 10.9 Å². The fraction of sp³-hybridized carbons (Fsp3) is 0.0435. The maximum absolute atomic E-state index is 14.2. The van der Waals surface area contributed by atoms with Crippen LogP contribution in [0.5, 0.6) is 0 Å². The molecule has 8 nitrogen and oxygen atoms in total. The van der Waals surface area contributed by atoms with Crippen molar-refractivity contribution >= 4 is 44.8 Å². The summed E-state index contributed by atoms with van der Waals surface area (Å²) in [5.41, 5.74) is -1.000. The molecule has 174 valence electrons. The first-order chi connectivity index (χ1) is 16.9. The monoisotopic (exact) mass is 493 g/mol. The van der Waals surface area contributed by atoms with Crippen LogP contribution in [0.2, 0.25) is 0 Å². The maximum Gasteiger partial charge on any atom is 0.417 e. The van der Waals surface area contributed by atoms with E-state index in [4.69, 9.17) is 0 Å². The first-order valence-electron chi connectivity index (χ1n) is 10.3. The summed E-state index contributed by atoms with van der Waals surface area (Å²) < 4.78 is 42.5. The van der Waals surface area contributed by atoms with E-state index in [2.05, 4.69) is 35.7 Å². The third-order valence-electron chi connectivity index (χ3n) is 5.48. The van der Waals surface area contributed by atoms with Gasteiger partial charge in [0, 0.05) is 17.0 Å². The number of H-pyrrole nitrogens is 3. The lowest BCUT2D eigenvalue weighted by Gasteiger charge is -2.14. The molecule has 0 saturated heterocycles. The average molecular weight is 493 g/mol. The van der Waals surface area contributed by atoms with Crippen LogP contribution in [0.1, 0.15) is 5.56 Å². The molecule has 0 atom stereocenters. The lowest BCUT2D eigenvalue weighted by atomic mass is 10.0. The number of nitrogens with zero attached hydrogens (tertiary/aromatic N) is 3. The van der Waals surface area contributed by atoms with Gasteiger partial charge in [0.2, 0.25) is 0 Å². The number of halogens is 3. The molecule has 2 aromatic carbocycles. The highest BCUT2D eigenvalue weighted by molar-refractivity contribution is 7.13. The zero-order chi connectivity index (χ0) is 24.2. The van der Waals surface area contributed by atoms with Crippen LogP contribution in [0.3, 0.4) is 0 Å². The first-order valence-corrected chi connectivity index (χ1v) is 11.2. The molecule has 0 aliphatic heterocycles. The van der Waals surface area contributed by atoms with Crippen LogP contribution in [0.15, 0.2) is 64.8 Å². The zero-order valence-electron chi connectivity index (χ0n) is 17.6. The van der Waals surface area contributed by atoms with Gasteiger partial charge in [0.1, 0.15) is 5.82 Å². The minimum absolute atomic E-state index is 0.0443. The van der Waals surface area contributed by atoms with Crippen molar-refractivity contribution in [2.24, 2.45) is 0 Å². The van der Waals surface area contributed by atoms with Crippen LogP contribution in [0, 0.1) is 0 Å². The Labute approximate surface area is 197 Å². The predicted octanol–water partition coefficient (Wildman–Crippen LogP) is 5.68. The summed E-state index contributed by atoms with van der Waals surface area (Å²) in [5, 5.41) is 17.0. The molecule has 35 heavy (non-hydrogen) atoms. The number of para-hydroxylation sites is 1. The number of aromatic nitrogens is 6. The van der Waals surface area contributed by atoms with Crippen LogP contribution >= 0.6 is 11.3 Å². The van der Waals surface area contributed by atoms with Gasteiger partial charge in [-0.25, -0.2) is 9.97 Å². The number of thiophene rings is 1. The number of benzene rings is 2. The molecule has 0 aliphatic rings. The van der Waals surface area contributed by atoms with E-state index in [1.807, 2.05) is 17.5 Å². The molecule has 0 bridgehead atoms. The van der Waals surface area contributed by atoms with Crippen LogP contribution in [-0.4, -0.2) is 30.4 Å². The molecule has 0 amide bonds. The van der Waals surface area contributed by atoms with Crippen molar-refractivity contribution < 1.29 is 13.2 Å². The number of fused-ring (bicyclic) bond motifs is 2. The van der Waals surface area contributed by atoms with Crippen molar-refractivity contribution in [3.8, 4) is 22.0 Å². The van der Waals surface area contributed by atoms with Crippen LogP contribution in [0.25, 0.3) is 43.8 Å². The minimum atomic E-state index is -4.82. The van der Waals surface area contributed by atoms with E-state index in [1.54, 1.807) is 41.7 Å². The summed E-state index contributed by atoms with van der Waals surface area (Å²) in [7, 11) is 0. The summed E-state index contributed by atoms with van der Waals surface area (Å²) in [6, 6.07) is 15.3. The average Bonchev–Trinajstić information content (AvgIpc) is 3.59. The molecular formula is C23H14F3N7OS. The van der Waals surface area contributed by atoms with Gasteiger partial charge in [0.25, 0.3) is 5.56 Å². The van der Waals surface area contributed by atoms with Crippen molar-refractivity contribution in [2.75, 3.05) is 5.32 Å². The molecular weight excluding hydrogens is 479 g/mol. The standard InChI is InChI=1S/C23H14F3N7OS/c24-23(25,26)19-12(7-8-14-18(19)22(34)33-30-14)21-27-13-5-2-1-4-11(13)20(29-21)28-17-10-15(31-32-17)16-6-3-9-35-16/h1-10H,(H2,30,33,34)(H2,27,28,29,31,32). The molecule has 0 aliphatic carbocycles. The second-order valence-corrected chi connectivity index (χ2v) is 8.62. The summed E-state index contributed by atoms with van der Waals surface area (Å²) in [6.07, 6.45) is -4.82. The predicted molar refractivity (Wildman–Crippen MR) is 128 cm³/mol. The SMILES string of the molecule is O=c1[nH][nH]c2ccc(-c3nc(Nc4cc(-c5cccs5)[nH]n4)c4ccccc4n3)c(C(F)(F)F)c12. The Hall–Kier alpha value is -4.45. The van der Waals surface area contributed by atoms with Gasteiger partial charge in [-0.1, -0.05) is 18.2 Å². The van der Waals surface area contributed by atoms with Gasteiger partial charge in [-0.05, 0) is 35.7 Å². The first kappa shape index (κ1) is 21.1. The Morgan fingerprint density at radius 1 is 0.971 bits per heavy atom. The number of aromatic amines is 3. The van der Waals surface area contributed by atoms with E-state index in [-0.39, 0.29) is 22.7 Å². The number of alkyl halides is 3. The Balaban J connectivity index is 1.53. The zero-order valence-corrected chi connectivity index (χ0v) is 18.4. The highest BCUT2D eigenvalue weighted by Crippen LogP contribution is 2.40. The van der Waals surface area contributed by atoms with E-state index in [0.717, 1.165) is 10.6 Å². The molecule has 0 radical (unpaired) electrons. The minimum Gasteiger partial charge on any atom is -0.323 e. The lowest BCUT2D eigenvalue weighted by Crippen LogP contribution is -2.13. The number of anilines is 2. The number of nitrogens with one attached hydrogen (secondary N) is 4. The van der Waals surface area contributed by atoms with E-state index in [9.17, 15) is 18.0 Å². The number of hydrogen-bond acceptors (Lipinski definition) is 6. The molecule has 0 fully saturated rings. The molecule has 12 heteroatoms. The van der Waals surface area contributed by atoms with Crippen molar-refractivity contribution in [3.63, 3.8) is 0 Å². The normalized spacial score (nSPS) is 12.0. The van der Waals surface area contributed by atoms with Gasteiger partial charge in [-0.15, -0.1) is 11.3 Å². The van der Waals surface area contributed by atoms with Crippen LogP contribution in [-0.2, 0) is 6.18 Å². The Bertz CT molecular complexity index is 1750. The molecule has 0 unspecified atom stereocenters. The summed E-state index contributed by atoms with van der Waals surface area (Å²) in [4.78, 5) is 22.0. The molecule has 4 N–H and O–H groups in total. The van der Waals surface area contributed by atoms with Gasteiger partial charge in [-0.3, -0.25) is 20.1 Å². The number of rotatable bonds is 4. The van der Waals surface area contributed by atoms with Crippen molar-refractivity contribution in [2.45, 2.75) is 6.18 Å². The van der Waals surface area contributed by atoms with Crippen molar-refractivity contribution in [1.29, 1.82) is 0 Å². The van der Waals surface area contributed by atoms with E-state index < -0.39 is 22.7 Å². The van der Waals surface area contributed by atoms with Gasteiger partial charge < -0.3 is 5.32 Å². The summed E-state index contributed by atoms with van der Waals surface area (Å²) >= 11 is 1.54. The van der Waals surface area contributed by atoms with E-state index in [0.29, 0.717) is 16.7 Å². The Morgan fingerprint density at radius 2 is 1.83 bits per heavy atom. The molecule has 4 aromatic heterocycles. The maximum atomic E-state index is 14.2. The fourth-order valence-corrected chi connectivity index (χ4v) is 4.66. The van der Waals surface area contributed by atoms with Gasteiger partial charge >= 0.3 is 6.18 Å². The number of hydrogen-bond donors (Lipinski definition) is 4. The van der Waals surface area contributed by atoms with E-state index in [1.165, 1.54) is 12.1 Å². The van der Waals surface area contributed by atoms with Crippen molar-refractivity contribution in [3.05, 3.63) is 75.9 Å². The summed E-state index contributed by atoms with van der Waals surface area (Å²) in [6.45, 7) is 0. The van der Waals surface area contributed by atoms with Gasteiger partial charge in [0.15, 0.2) is 11.6 Å². The third-order valence-corrected chi connectivity index (χ3v) is 6.38. The van der Waals surface area contributed by atoms with Crippen LogP contribution in [0.4, 0.5) is 24.8 Å². The van der Waals surface area contributed by atoms with E-state index >= 15 is 0 Å². The second-order valence-electron chi connectivity index (χ2n) is 7.67. The summed E-state index contributed by atoms with van der Waals surface area (Å²) in [5.74, 6) is 0.554. The van der Waals surface area contributed by atoms with Crippen molar-refractivity contribution in [1.82, 2.24) is 30.4 Å². The molecule has 4 heterocycles. The molecule has 6 aromatic rings. The Morgan fingerprint density at radius 3 is 2.63 bits per heavy atom. The lowest BCUT2D eigenvalue weighted by molar-refractivity contribution is -0.135. The highest BCUT2D eigenvalue weighted by Gasteiger charge is 2.38. The topological polar surface area (TPSA) is 115 Å². The van der Waals surface area contributed by atoms with Gasteiger partial charge in [-0.2, -0.15) is 18.3 Å². The fourth-order valence-electron chi connectivity index (χ4n) is 3.97. The molecule has 0 spiro atoms. The highest BCUT2D eigenvalue weighted by atomic mass is 32.1. The quantitative estimate of drug-likeness (QED) is 0.252. The largest absolute Gasteiger partial charge is 0.417 e. The van der Waals surface area contributed by atoms with Gasteiger partial charge in [0.05, 0.1) is 32.6 Å². The molecule has 0 saturated carbocycles. The Kier molecular flexibility index (Phi) is 4.71.